The molecule has 2 aromatic carbocycles. The number of nitrogens with zero attached hydrogens (tertiary/aromatic N) is 3. The Bertz CT molecular complexity index is 1140. The zero-order chi connectivity index (χ0) is 19.7. The quantitative estimate of drug-likeness (QED) is 0.530. The van der Waals surface area contributed by atoms with Crippen molar-refractivity contribution in [1.29, 1.82) is 5.26 Å². The van der Waals surface area contributed by atoms with Crippen molar-refractivity contribution in [2.75, 3.05) is 5.32 Å². The first-order valence-electron chi connectivity index (χ1n) is 9.06. The third kappa shape index (κ3) is 3.64. The van der Waals surface area contributed by atoms with Gasteiger partial charge in [0.05, 0.1) is 27.8 Å². The molecule has 3 aromatic rings. The maximum atomic E-state index is 12.9. The molecule has 140 valence electrons. The summed E-state index contributed by atoms with van der Waals surface area (Å²) in [6.45, 7) is 1.79. The molecule has 1 saturated carbocycles. The molecule has 4 rings (SSSR count). The zero-order valence-electron chi connectivity index (χ0n) is 15.3. The van der Waals surface area contributed by atoms with Gasteiger partial charge < -0.3 is 5.32 Å². The van der Waals surface area contributed by atoms with Crippen molar-refractivity contribution in [3.05, 3.63) is 64.4 Å². The van der Waals surface area contributed by atoms with E-state index in [1.165, 1.54) is 11.8 Å². The van der Waals surface area contributed by atoms with Crippen LogP contribution in [0.3, 0.4) is 0 Å². The number of amides is 1. The summed E-state index contributed by atoms with van der Waals surface area (Å²) in [7, 11) is 0. The molecule has 0 radical (unpaired) electrons. The van der Waals surface area contributed by atoms with E-state index in [0.717, 1.165) is 12.8 Å². The molecule has 1 heterocycles. The lowest BCUT2D eigenvalue weighted by molar-refractivity contribution is -0.115. The molecule has 1 N–H and O–H groups in total. The fourth-order valence-corrected chi connectivity index (χ4v) is 3.93. The van der Waals surface area contributed by atoms with E-state index in [4.69, 9.17) is 5.26 Å². The second-order valence-corrected chi connectivity index (χ2v) is 8.06. The fraction of sp³-hybridized carbons (Fsp3) is 0.238. The van der Waals surface area contributed by atoms with E-state index in [2.05, 4.69) is 10.3 Å². The highest BCUT2D eigenvalue weighted by atomic mass is 32.2. The number of nitriles is 1. The van der Waals surface area contributed by atoms with Gasteiger partial charge in [-0.05, 0) is 56.2 Å². The second-order valence-electron chi connectivity index (χ2n) is 6.76. The molecule has 1 aliphatic carbocycles. The van der Waals surface area contributed by atoms with Crippen molar-refractivity contribution in [3.8, 4) is 6.07 Å². The van der Waals surface area contributed by atoms with Gasteiger partial charge >= 0.3 is 0 Å². The van der Waals surface area contributed by atoms with Crippen molar-refractivity contribution in [1.82, 2.24) is 9.55 Å². The van der Waals surface area contributed by atoms with Crippen LogP contribution in [0.1, 0.15) is 31.4 Å². The Hall–Kier alpha value is -3.11. The first-order chi connectivity index (χ1) is 13.6. The van der Waals surface area contributed by atoms with Gasteiger partial charge in [-0.2, -0.15) is 5.26 Å². The Morgan fingerprint density at radius 1 is 1.25 bits per heavy atom. The molecule has 0 unspecified atom stereocenters. The average molecular weight is 390 g/mol. The van der Waals surface area contributed by atoms with E-state index in [-0.39, 0.29) is 17.5 Å². The Balaban J connectivity index is 1.58. The lowest BCUT2D eigenvalue weighted by Gasteiger charge is -2.16. The molecule has 1 atom stereocenters. The molecule has 28 heavy (non-hydrogen) atoms. The number of nitrogens with one attached hydrogen (secondary N) is 1. The smallest absolute Gasteiger partial charge is 0.262 e. The number of benzene rings is 2. The molecule has 1 fully saturated rings. The van der Waals surface area contributed by atoms with Gasteiger partial charge in [0.1, 0.15) is 0 Å². The maximum Gasteiger partial charge on any atom is 0.262 e. The molecular weight excluding hydrogens is 372 g/mol. The SMILES string of the molecule is C[C@H](Sc1nc2ccccc2c(=O)n1C1CC1)C(=O)Nc1ccc(C#N)cc1. The Morgan fingerprint density at radius 3 is 2.64 bits per heavy atom. The summed E-state index contributed by atoms with van der Waals surface area (Å²) in [6.07, 6.45) is 1.92. The van der Waals surface area contributed by atoms with Gasteiger partial charge in [0, 0.05) is 11.7 Å². The van der Waals surface area contributed by atoms with Crippen molar-refractivity contribution in [3.63, 3.8) is 0 Å². The number of aromatic nitrogens is 2. The molecule has 0 saturated heterocycles. The van der Waals surface area contributed by atoms with Gasteiger partial charge in [-0.3, -0.25) is 14.2 Å². The van der Waals surface area contributed by atoms with E-state index in [9.17, 15) is 9.59 Å². The second kappa shape index (κ2) is 7.49. The van der Waals surface area contributed by atoms with Crippen molar-refractivity contribution in [2.45, 2.75) is 36.2 Å². The third-order valence-corrected chi connectivity index (χ3v) is 5.69. The highest BCUT2D eigenvalue weighted by Gasteiger charge is 2.30. The van der Waals surface area contributed by atoms with Crippen LogP contribution < -0.4 is 10.9 Å². The minimum Gasteiger partial charge on any atom is -0.325 e. The van der Waals surface area contributed by atoms with Gasteiger partial charge in [0.15, 0.2) is 5.16 Å². The highest BCUT2D eigenvalue weighted by molar-refractivity contribution is 8.00. The molecule has 0 bridgehead atoms. The molecular formula is C21H18N4O2S. The van der Waals surface area contributed by atoms with Crippen LogP contribution in [-0.2, 0) is 4.79 Å². The molecule has 1 aromatic heterocycles. The van der Waals surface area contributed by atoms with Crippen LogP contribution in [-0.4, -0.2) is 20.7 Å². The summed E-state index contributed by atoms with van der Waals surface area (Å²) in [4.78, 5) is 30.2. The predicted molar refractivity (Wildman–Crippen MR) is 109 cm³/mol. The minimum absolute atomic E-state index is 0.0460. The van der Waals surface area contributed by atoms with Gasteiger partial charge in [-0.1, -0.05) is 23.9 Å². The molecule has 1 aliphatic rings. The third-order valence-electron chi connectivity index (χ3n) is 4.62. The largest absolute Gasteiger partial charge is 0.325 e. The number of carbonyl (C=O) groups excluding carboxylic acids is 1. The number of anilines is 1. The van der Waals surface area contributed by atoms with E-state index < -0.39 is 5.25 Å². The molecule has 1 amide bonds. The monoisotopic (exact) mass is 390 g/mol. The lowest BCUT2D eigenvalue weighted by atomic mass is 10.2. The van der Waals surface area contributed by atoms with Crippen molar-refractivity contribution >= 4 is 34.3 Å². The summed E-state index contributed by atoms with van der Waals surface area (Å²) in [5, 5.41) is 12.5. The molecule has 6 nitrogen and oxygen atoms in total. The van der Waals surface area contributed by atoms with Gasteiger partial charge in [0.2, 0.25) is 5.91 Å². The summed E-state index contributed by atoms with van der Waals surface area (Å²) >= 11 is 1.29. The number of hydrogen-bond acceptors (Lipinski definition) is 5. The molecule has 0 spiro atoms. The van der Waals surface area contributed by atoms with Crippen LogP contribution in [0.15, 0.2) is 58.5 Å². The number of hydrogen-bond donors (Lipinski definition) is 1. The topological polar surface area (TPSA) is 87.8 Å². The Labute approximate surface area is 166 Å². The molecule has 7 heteroatoms. The van der Waals surface area contributed by atoms with Crippen molar-refractivity contribution < 1.29 is 4.79 Å². The fourth-order valence-electron chi connectivity index (χ4n) is 2.95. The highest BCUT2D eigenvalue weighted by Crippen LogP contribution is 2.37. The van der Waals surface area contributed by atoms with E-state index in [0.29, 0.717) is 27.3 Å². The lowest BCUT2D eigenvalue weighted by Crippen LogP contribution is -2.26. The summed E-state index contributed by atoms with van der Waals surface area (Å²) in [5.41, 5.74) is 1.76. The maximum absolute atomic E-state index is 12.9. The summed E-state index contributed by atoms with van der Waals surface area (Å²) < 4.78 is 1.73. The van der Waals surface area contributed by atoms with Crippen LogP contribution in [0.2, 0.25) is 0 Å². The van der Waals surface area contributed by atoms with E-state index in [1.54, 1.807) is 41.8 Å². The van der Waals surface area contributed by atoms with Crippen LogP contribution in [0.25, 0.3) is 10.9 Å². The van der Waals surface area contributed by atoms with E-state index >= 15 is 0 Å². The number of rotatable bonds is 5. The average Bonchev–Trinajstić information content (AvgIpc) is 3.53. The Morgan fingerprint density at radius 2 is 1.96 bits per heavy atom. The first-order valence-corrected chi connectivity index (χ1v) is 9.94. The molecule has 0 aliphatic heterocycles. The predicted octanol–water partition coefficient (Wildman–Crippen LogP) is 3.72. The Kier molecular flexibility index (Phi) is 4.88. The number of carbonyl (C=O) groups is 1. The van der Waals surface area contributed by atoms with Crippen LogP contribution in [0.4, 0.5) is 5.69 Å². The zero-order valence-corrected chi connectivity index (χ0v) is 16.1. The first kappa shape index (κ1) is 18.3. The number of thioether (sulfide) groups is 1. The summed E-state index contributed by atoms with van der Waals surface area (Å²) in [5.74, 6) is -0.181. The van der Waals surface area contributed by atoms with Crippen molar-refractivity contribution in [2.24, 2.45) is 0 Å². The summed E-state index contributed by atoms with van der Waals surface area (Å²) in [6, 6.07) is 16.2. The number of fused-ring (bicyclic) bond motifs is 1. The van der Waals surface area contributed by atoms with Gasteiger partial charge in [0.25, 0.3) is 5.56 Å². The van der Waals surface area contributed by atoms with Gasteiger partial charge in [-0.25, -0.2) is 4.98 Å². The standard InChI is InChI=1S/C21H18N4O2S/c1-13(19(26)23-15-8-6-14(12-22)7-9-15)28-21-24-18-5-3-2-4-17(18)20(27)25(21)16-10-11-16/h2-9,13,16H,10-11H2,1H3,(H,23,26)/t13-/m0/s1. The minimum atomic E-state index is -0.436. The van der Waals surface area contributed by atoms with Crippen LogP contribution in [0, 0.1) is 11.3 Å². The van der Waals surface area contributed by atoms with Gasteiger partial charge in [-0.15, -0.1) is 0 Å². The number of para-hydroxylation sites is 1. The van der Waals surface area contributed by atoms with E-state index in [1.807, 2.05) is 24.3 Å². The van der Waals surface area contributed by atoms with Crippen LogP contribution in [0.5, 0.6) is 0 Å². The van der Waals surface area contributed by atoms with Crippen LogP contribution >= 0.6 is 11.8 Å². The normalized spacial score (nSPS) is 14.4.